The number of ether oxygens (including phenoxy) is 1. The molecule has 0 unspecified atom stereocenters. The molecule has 8 heteroatoms. The quantitative estimate of drug-likeness (QED) is 0.851. The summed E-state index contributed by atoms with van der Waals surface area (Å²) in [6.07, 6.45) is -0.351. The van der Waals surface area contributed by atoms with Crippen LogP contribution < -0.4 is 11.1 Å². The third kappa shape index (κ3) is 5.65. The van der Waals surface area contributed by atoms with Gasteiger partial charge in [0.2, 0.25) is 0 Å². The monoisotopic (exact) mass is 362 g/mol. The molecule has 3 N–H and O–H groups in total. The molecule has 0 radical (unpaired) electrons. The first-order valence-corrected chi connectivity index (χ1v) is 8.55. The van der Waals surface area contributed by atoms with E-state index in [2.05, 4.69) is 5.32 Å². The molecule has 2 rings (SSSR count). The van der Waals surface area contributed by atoms with E-state index in [1.807, 2.05) is 20.8 Å². The number of amides is 4. The van der Waals surface area contributed by atoms with Crippen LogP contribution in [0.25, 0.3) is 0 Å². The van der Waals surface area contributed by atoms with E-state index in [4.69, 9.17) is 10.5 Å². The molecule has 0 bridgehead atoms. The summed E-state index contributed by atoms with van der Waals surface area (Å²) >= 11 is 0. The summed E-state index contributed by atoms with van der Waals surface area (Å²) in [4.78, 5) is 38.7. The van der Waals surface area contributed by atoms with Gasteiger partial charge in [-0.1, -0.05) is 12.1 Å². The average Bonchev–Trinajstić information content (AvgIpc) is 2.58. The number of carbonyl (C=O) groups excluding carboxylic acids is 3. The number of carbonyl (C=O) groups is 3. The van der Waals surface area contributed by atoms with Gasteiger partial charge in [0, 0.05) is 38.3 Å². The first kappa shape index (κ1) is 19.6. The maximum absolute atomic E-state index is 12.6. The summed E-state index contributed by atoms with van der Waals surface area (Å²) in [6, 6.07) is 6.41. The van der Waals surface area contributed by atoms with Crippen molar-refractivity contribution in [3.8, 4) is 0 Å². The maximum Gasteiger partial charge on any atom is 0.410 e. The summed E-state index contributed by atoms with van der Waals surface area (Å²) in [6.45, 7) is 7.61. The molecule has 8 nitrogen and oxygen atoms in total. The topological polar surface area (TPSA) is 105 Å². The normalized spacial score (nSPS) is 14.7. The predicted octanol–water partition coefficient (Wildman–Crippen LogP) is 1.55. The molecule has 1 aromatic rings. The van der Waals surface area contributed by atoms with E-state index in [0.29, 0.717) is 38.3 Å². The van der Waals surface area contributed by atoms with Gasteiger partial charge in [-0.05, 0) is 38.5 Å². The molecule has 1 aliphatic heterocycles. The fraction of sp³-hybridized carbons (Fsp3) is 0.500. The third-order valence-corrected chi connectivity index (χ3v) is 3.89. The van der Waals surface area contributed by atoms with Crippen LogP contribution in [-0.2, 0) is 11.3 Å². The molecular formula is C18H26N4O4. The molecule has 0 aromatic heterocycles. The van der Waals surface area contributed by atoms with Gasteiger partial charge in [-0.2, -0.15) is 0 Å². The minimum absolute atomic E-state index is 0.0803. The van der Waals surface area contributed by atoms with Crippen molar-refractivity contribution in [1.82, 2.24) is 15.1 Å². The van der Waals surface area contributed by atoms with Gasteiger partial charge in [0.05, 0.1) is 0 Å². The molecule has 4 amide bonds. The van der Waals surface area contributed by atoms with Gasteiger partial charge in [-0.25, -0.2) is 9.59 Å². The number of rotatable bonds is 3. The van der Waals surface area contributed by atoms with Crippen LogP contribution in [-0.4, -0.2) is 59.6 Å². The van der Waals surface area contributed by atoms with Gasteiger partial charge in [-0.15, -0.1) is 0 Å². The SMILES string of the molecule is CC(C)(C)OC(=O)N1CCN(C(=O)c2ccc(CNC(N)=O)cc2)CC1. The van der Waals surface area contributed by atoms with Gasteiger partial charge in [-0.3, -0.25) is 4.79 Å². The standard InChI is InChI=1S/C18H26N4O4/c1-18(2,3)26-17(25)22-10-8-21(9-11-22)15(23)14-6-4-13(5-7-14)12-20-16(19)24/h4-7H,8-12H2,1-3H3,(H3,19,20,24). The highest BCUT2D eigenvalue weighted by Gasteiger charge is 2.28. The molecule has 0 aliphatic carbocycles. The van der Waals surface area contributed by atoms with E-state index in [9.17, 15) is 14.4 Å². The van der Waals surface area contributed by atoms with Crippen molar-refractivity contribution in [1.29, 1.82) is 0 Å². The molecule has 26 heavy (non-hydrogen) atoms. The third-order valence-electron chi connectivity index (χ3n) is 3.89. The van der Waals surface area contributed by atoms with Gasteiger partial charge in [0.15, 0.2) is 0 Å². The second kappa shape index (κ2) is 8.07. The van der Waals surface area contributed by atoms with E-state index in [1.165, 1.54) is 0 Å². The Hall–Kier alpha value is -2.77. The lowest BCUT2D eigenvalue weighted by Gasteiger charge is -2.35. The van der Waals surface area contributed by atoms with Crippen LogP contribution in [0.15, 0.2) is 24.3 Å². The van der Waals surface area contributed by atoms with Crippen molar-refractivity contribution in [2.24, 2.45) is 5.73 Å². The zero-order chi connectivity index (χ0) is 19.3. The van der Waals surface area contributed by atoms with Crippen molar-refractivity contribution < 1.29 is 19.1 Å². The van der Waals surface area contributed by atoms with Crippen LogP contribution in [0.5, 0.6) is 0 Å². The maximum atomic E-state index is 12.6. The van der Waals surface area contributed by atoms with Crippen LogP contribution >= 0.6 is 0 Å². The van der Waals surface area contributed by atoms with E-state index < -0.39 is 11.6 Å². The highest BCUT2D eigenvalue weighted by Crippen LogP contribution is 2.14. The van der Waals surface area contributed by atoms with Crippen molar-refractivity contribution in [2.75, 3.05) is 26.2 Å². The molecule has 1 fully saturated rings. The van der Waals surface area contributed by atoms with Crippen LogP contribution in [0.4, 0.5) is 9.59 Å². The zero-order valence-electron chi connectivity index (χ0n) is 15.4. The van der Waals surface area contributed by atoms with E-state index >= 15 is 0 Å². The van der Waals surface area contributed by atoms with Crippen molar-refractivity contribution in [3.63, 3.8) is 0 Å². The Morgan fingerprint density at radius 1 is 1.04 bits per heavy atom. The number of benzene rings is 1. The summed E-state index contributed by atoms with van der Waals surface area (Å²) in [5.41, 5.74) is 5.93. The number of nitrogens with two attached hydrogens (primary N) is 1. The minimum atomic E-state index is -0.590. The van der Waals surface area contributed by atoms with Crippen LogP contribution in [0.2, 0.25) is 0 Å². The second-order valence-electron chi connectivity index (χ2n) is 7.17. The zero-order valence-corrected chi connectivity index (χ0v) is 15.4. The minimum Gasteiger partial charge on any atom is -0.444 e. The Bertz CT molecular complexity index is 659. The number of hydrogen-bond donors (Lipinski definition) is 2. The van der Waals surface area contributed by atoms with Gasteiger partial charge in [0.1, 0.15) is 5.60 Å². The number of nitrogens with one attached hydrogen (secondary N) is 1. The molecule has 1 aliphatic rings. The lowest BCUT2D eigenvalue weighted by Crippen LogP contribution is -2.51. The molecule has 0 atom stereocenters. The molecule has 0 saturated carbocycles. The molecule has 1 heterocycles. The van der Waals surface area contributed by atoms with Crippen molar-refractivity contribution >= 4 is 18.0 Å². The van der Waals surface area contributed by atoms with Crippen LogP contribution in [0, 0.1) is 0 Å². The Morgan fingerprint density at radius 2 is 1.58 bits per heavy atom. The Morgan fingerprint density at radius 3 is 2.08 bits per heavy atom. The largest absolute Gasteiger partial charge is 0.444 e. The first-order valence-electron chi connectivity index (χ1n) is 8.55. The second-order valence-corrected chi connectivity index (χ2v) is 7.17. The highest BCUT2D eigenvalue weighted by molar-refractivity contribution is 5.94. The van der Waals surface area contributed by atoms with Crippen LogP contribution in [0.3, 0.4) is 0 Å². The number of nitrogens with zero attached hydrogens (tertiary/aromatic N) is 2. The molecule has 1 aromatic carbocycles. The Balaban J connectivity index is 1.88. The number of urea groups is 1. The predicted molar refractivity (Wildman–Crippen MR) is 96.6 cm³/mol. The highest BCUT2D eigenvalue weighted by atomic mass is 16.6. The summed E-state index contributed by atoms with van der Waals surface area (Å²) in [5.74, 6) is -0.0803. The molecule has 0 spiro atoms. The average molecular weight is 362 g/mol. The van der Waals surface area contributed by atoms with Gasteiger partial charge in [0.25, 0.3) is 5.91 Å². The summed E-state index contributed by atoms with van der Waals surface area (Å²) < 4.78 is 5.36. The number of primary amides is 1. The van der Waals surface area contributed by atoms with E-state index in [0.717, 1.165) is 5.56 Å². The lowest BCUT2D eigenvalue weighted by atomic mass is 10.1. The lowest BCUT2D eigenvalue weighted by molar-refractivity contribution is 0.0141. The van der Waals surface area contributed by atoms with Gasteiger partial charge >= 0.3 is 12.1 Å². The molecule has 142 valence electrons. The fourth-order valence-electron chi connectivity index (χ4n) is 2.56. The van der Waals surface area contributed by atoms with Crippen LogP contribution in [0.1, 0.15) is 36.7 Å². The Labute approximate surface area is 153 Å². The smallest absolute Gasteiger partial charge is 0.410 e. The van der Waals surface area contributed by atoms with Crippen molar-refractivity contribution in [2.45, 2.75) is 32.9 Å². The van der Waals surface area contributed by atoms with Crippen molar-refractivity contribution in [3.05, 3.63) is 35.4 Å². The molecular weight excluding hydrogens is 336 g/mol. The summed E-state index contributed by atoms with van der Waals surface area (Å²) in [7, 11) is 0. The Kier molecular flexibility index (Phi) is 6.07. The first-order chi connectivity index (χ1) is 12.2. The number of piperazine rings is 1. The number of hydrogen-bond acceptors (Lipinski definition) is 4. The van der Waals surface area contributed by atoms with E-state index in [-0.39, 0.29) is 12.0 Å². The van der Waals surface area contributed by atoms with Gasteiger partial charge < -0.3 is 25.6 Å². The summed E-state index contributed by atoms with van der Waals surface area (Å²) in [5, 5.41) is 2.50. The fourth-order valence-corrected chi connectivity index (χ4v) is 2.56. The molecule has 1 saturated heterocycles. The van der Waals surface area contributed by atoms with E-state index in [1.54, 1.807) is 34.1 Å².